The van der Waals surface area contributed by atoms with E-state index < -0.39 is 7.49 Å². The molecule has 0 aliphatic carbocycles. The molecule has 4 heteroatoms. The number of hydrogen-bond acceptors (Lipinski definition) is 2. The first-order valence-electron chi connectivity index (χ1n) is 7.93. The van der Waals surface area contributed by atoms with Gasteiger partial charge in [-0.1, -0.05) is 54.6 Å². The van der Waals surface area contributed by atoms with Gasteiger partial charge in [0.25, 0.3) is 0 Å². The summed E-state index contributed by atoms with van der Waals surface area (Å²) in [6, 6.07) is 30.7. The van der Waals surface area contributed by atoms with Gasteiger partial charge in [0, 0.05) is 0 Å². The summed E-state index contributed by atoms with van der Waals surface area (Å²) in [6.45, 7) is 1.67. The Balaban J connectivity index is 0.00000225. The number of ketones is 1. The summed E-state index contributed by atoms with van der Waals surface area (Å²) < 4.78 is 6.41. The number of hydrogen-bond donors (Lipinski definition) is 0. The molecule has 0 amide bonds. The molecule has 3 aromatic rings. The molecule has 0 saturated carbocycles. The van der Waals surface area contributed by atoms with E-state index in [-0.39, 0.29) is 29.4 Å². The third-order valence-corrected chi connectivity index (χ3v) is 7.41. The summed E-state index contributed by atoms with van der Waals surface area (Å²) in [5.74, 6) is 0.0298. The lowest BCUT2D eigenvalue weighted by molar-refractivity contribution is -0.118. The van der Waals surface area contributed by atoms with Crippen molar-refractivity contribution >= 4 is 29.2 Å². The van der Waals surface area contributed by atoms with Crippen LogP contribution in [0.4, 0.5) is 0 Å². The highest BCUT2D eigenvalue weighted by Gasteiger charge is 2.48. The summed E-state index contributed by atoms with van der Waals surface area (Å²) in [6.07, 6.45) is 0. The Hall–Kier alpha value is -1.80. The van der Waals surface area contributed by atoms with Crippen LogP contribution in [0.1, 0.15) is 6.92 Å². The second-order valence-electron chi connectivity index (χ2n) is 5.59. The van der Waals surface area contributed by atoms with Gasteiger partial charge in [-0.25, -0.2) is 4.52 Å². The third-order valence-electron chi connectivity index (χ3n) is 3.82. The number of halogens is 1. The molecular formula is C21H20BrO2P. The highest BCUT2D eigenvalue weighted by Crippen LogP contribution is 2.56. The highest BCUT2D eigenvalue weighted by atomic mass is 79.9. The minimum Gasteiger partial charge on any atom is -1.00 e. The summed E-state index contributed by atoms with van der Waals surface area (Å²) >= 11 is 0. The first-order chi connectivity index (χ1) is 11.7. The van der Waals surface area contributed by atoms with Crippen LogP contribution in [0.25, 0.3) is 0 Å². The summed E-state index contributed by atoms with van der Waals surface area (Å²) in [7, 11) is -2.33. The minimum absolute atomic E-state index is 0. The van der Waals surface area contributed by atoms with Crippen LogP contribution in [0.2, 0.25) is 0 Å². The van der Waals surface area contributed by atoms with Gasteiger partial charge in [-0.3, -0.25) is 4.79 Å². The van der Waals surface area contributed by atoms with Gasteiger partial charge in [0.05, 0.1) is 0 Å². The van der Waals surface area contributed by atoms with Crippen LogP contribution in [0.15, 0.2) is 91.0 Å². The molecule has 0 heterocycles. The van der Waals surface area contributed by atoms with Crippen LogP contribution in [0.5, 0.6) is 0 Å². The van der Waals surface area contributed by atoms with Crippen molar-refractivity contribution < 1.29 is 26.3 Å². The van der Waals surface area contributed by atoms with Crippen molar-refractivity contribution in [1.82, 2.24) is 0 Å². The average Bonchev–Trinajstić information content (AvgIpc) is 2.65. The Morgan fingerprint density at radius 2 is 1.04 bits per heavy atom. The van der Waals surface area contributed by atoms with E-state index in [0.29, 0.717) is 0 Å². The zero-order chi connectivity index (χ0) is 16.8. The smallest absolute Gasteiger partial charge is 0.242 e. The maximum absolute atomic E-state index is 11.7. The van der Waals surface area contributed by atoms with E-state index in [1.807, 2.05) is 54.6 Å². The van der Waals surface area contributed by atoms with Crippen LogP contribution in [-0.4, -0.2) is 12.4 Å². The van der Waals surface area contributed by atoms with Gasteiger partial charge in [0.2, 0.25) is 7.49 Å². The fourth-order valence-electron chi connectivity index (χ4n) is 2.77. The van der Waals surface area contributed by atoms with Crippen molar-refractivity contribution in [2.75, 3.05) is 6.61 Å². The Morgan fingerprint density at radius 3 is 1.32 bits per heavy atom. The molecule has 0 radical (unpaired) electrons. The lowest BCUT2D eigenvalue weighted by Gasteiger charge is -2.25. The van der Waals surface area contributed by atoms with Gasteiger partial charge in [-0.2, -0.15) is 0 Å². The van der Waals surface area contributed by atoms with E-state index in [0.717, 1.165) is 15.9 Å². The summed E-state index contributed by atoms with van der Waals surface area (Å²) in [5.41, 5.74) is 0. The van der Waals surface area contributed by atoms with Crippen LogP contribution in [0, 0.1) is 0 Å². The summed E-state index contributed by atoms with van der Waals surface area (Å²) in [5, 5.41) is 3.34. The standard InChI is InChI=1S/C21H20O2P.BrH/c1-18(22)17-23-24(19-11-5-2-6-12-19,20-13-7-3-8-14-20)21-15-9-4-10-16-21;/h2-16H,17H2,1H3;1H/q+1;/p-1. The largest absolute Gasteiger partial charge is 1.00 e. The number of carbonyl (C=O) groups is 1. The Labute approximate surface area is 160 Å². The van der Waals surface area contributed by atoms with Crippen molar-refractivity contribution in [3.05, 3.63) is 91.0 Å². The van der Waals surface area contributed by atoms with Gasteiger partial charge in [-0.15, -0.1) is 0 Å². The normalized spacial score (nSPS) is 10.8. The quantitative estimate of drug-likeness (QED) is 0.549. The van der Waals surface area contributed by atoms with Crippen molar-refractivity contribution in [2.24, 2.45) is 0 Å². The molecule has 128 valence electrons. The van der Waals surface area contributed by atoms with Gasteiger partial charge in [-0.05, 0) is 43.3 Å². The van der Waals surface area contributed by atoms with Crippen molar-refractivity contribution in [3.63, 3.8) is 0 Å². The van der Waals surface area contributed by atoms with Gasteiger partial charge >= 0.3 is 0 Å². The Bertz CT molecular complexity index is 695. The fraction of sp³-hybridized carbons (Fsp3) is 0.0952. The predicted molar refractivity (Wildman–Crippen MR) is 102 cm³/mol. The molecule has 3 rings (SSSR count). The molecule has 0 aromatic heterocycles. The second-order valence-corrected chi connectivity index (χ2v) is 8.62. The minimum atomic E-state index is -2.33. The number of rotatable bonds is 6. The lowest BCUT2D eigenvalue weighted by Crippen LogP contribution is -3.00. The van der Waals surface area contributed by atoms with E-state index in [1.54, 1.807) is 6.92 Å². The monoisotopic (exact) mass is 414 g/mol. The molecule has 0 spiro atoms. The van der Waals surface area contributed by atoms with E-state index in [2.05, 4.69) is 36.4 Å². The maximum Gasteiger partial charge on any atom is 0.242 e. The molecule has 2 nitrogen and oxygen atoms in total. The first kappa shape index (κ1) is 19.5. The van der Waals surface area contributed by atoms with Crippen LogP contribution in [0.3, 0.4) is 0 Å². The molecule has 3 aromatic carbocycles. The number of Topliss-reactive ketones (excluding diaryl/α,β-unsaturated/α-hetero) is 1. The van der Waals surface area contributed by atoms with Crippen LogP contribution >= 0.6 is 7.49 Å². The zero-order valence-corrected chi connectivity index (χ0v) is 16.5. The molecule has 0 atom stereocenters. The van der Waals surface area contributed by atoms with Crippen molar-refractivity contribution in [2.45, 2.75) is 6.92 Å². The van der Waals surface area contributed by atoms with E-state index >= 15 is 0 Å². The van der Waals surface area contributed by atoms with Crippen molar-refractivity contribution in [1.29, 1.82) is 0 Å². The molecule has 0 saturated heterocycles. The predicted octanol–water partition coefficient (Wildman–Crippen LogP) is 0.505. The molecule has 0 bridgehead atoms. The molecule has 0 unspecified atom stereocenters. The Kier molecular flexibility index (Phi) is 7.07. The van der Waals surface area contributed by atoms with E-state index in [9.17, 15) is 4.79 Å². The van der Waals surface area contributed by atoms with Crippen LogP contribution < -0.4 is 32.9 Å². The molecule has 0 N–H and O–H groups in total. The summed E-state index contributed by atoms with van der Waals surface area (Å²) in [4.78, 5) is 11.7. The maximum atomic E-state index is 11.7. The molecule has 0 fully saturated rings. The molecular weight excluding hydrogens is 395 g/mol. The Morgan fingerprint density at radius 1 is 0.720 bits per heavy atom. The van der Waals surface area contributed by atoms with Gasteiger partial charge in [0.15, 0.2) is 5.78 Å². The highest BCUT2D eigenvalue weighted by molar-refractivity contribution is 7.91. The SMILES string of the molecule is CC(=O)CO[P+](c1ccccc1)(c1ccccc1)c1ccccc1.[Br-]. The van der Waals surface area contributed by atoms with E-state index in [4.69, 9.17) is 4.52 Å². The number of carbonyl (C=O) groups excluding carboxylic acids is 1. The lowest BCUT2D eigenvalue weighted by atomic mass is 10.4. The molecule has 25 heavy (non-hydrogen) atoms. The van der Waals surface area contributed by atoms with Crippen LogP contribution in [-0.2, 0) is 9.32 Å². The van der Waals surface area contributed by atoms with Gasteiger partial charge in [0.1, 0.15) is 22.5 Å². The van der Waals surface area contributed by atoms with Gasteiger partial charge < -0.3 is 17.0 Å². The first-order valence-corrected chi connectivity index (χ1v) is 9.64. The fourth-order valence-corrected chi connectivity index (χ4v) is 6.27. The molecule has 0 aliphatic heterocycles. The third kappa shape index (κ3) is 4.24. The topological polar surface area (TPSA) is 26.3 Å². The van der Waals surface area contributed by atoms with E-state index in [1.165, 1.54) is 0 Å². The average molecular weight is 415 g/mol. The molecule has 0 aliphatic rings. The van der Waals surface area contributed by atoms with Crippen molar-refractivity contribution in [3.8, 4) is 0 Å². The zero-order valence-electron chi connectivity index (χ0n) is 14.0. The second kappa shape index (κ2) is 9.05. The number of benzene rings is 3.